The second-order valence-corrected chi connectivity index (χ2v) is 5.06. The number of nitrogens with one attached hydrogen (secondary N) is 1. The van der Waals surface area contributed by atoms with Gasteiger partial charge in [-0.3, -0.25) is 4.79 Å². The number of ether oxygens (including phenoxy) is 2. The van der Waals surface area contributed by atoms with Gasteiger partial charge in [0.05, 0.1) is 14.2 Å². The molecule has 0 aliphatic rings. The molecule has 0 spiro atoms. The molecular formula is C18H21NO3. The second kappa shape index (κ2) is 7.50. The minimum absolute atomic E-state index is 0.197. The molecule has 2 aromatic carbocycles. The molecule has 0 fully saturated rings. The van der Waals surface area contributed by atoms with Crippen LogP contribution in [0.2, 0.25) is 0 Å². The first-order chi connectivity index (χ1) is 10.7. The van der Waals surface area contributed by atoms with E-state index >= 15 is 0 Å². The number of rotatable bonds is 6. The molecule has 0 unspecified atom stereocenters. The average molecular weight is 299 g/mol. The second-order valence-electron chi connectivity index (χ2n) is 5.06. The van der Waals surface area contributed by atoms with E-state index in [0.717, 1.165) is 0 Å². The number of carbonyl (C=O) groups is 1. The summed E-state index contributed by atoms with van der Waals surface area (Å²) in [6.07, 6.45) is 0. The summed E-state index contributed by atoms with van der Waals surface area (Å²) < 4.78 is 10.5. The van der Waals surface area contributed by atoms with Gasteiger partial charge < -0.3 is 14.8 Å². The molecule has 4 heteroatoms. The van der Waals surface area contributed by atoms with Crippen LogP contribution in [0.3, 0.4) is 0 Å². The highest BCUT2D eigenvalue weighted by Crippen LogP contribution is 2.28. The maximum Gasteiger partial charge on any atom is 0.258 e. The van der Waals surface area contributed by atoms with Gasteiger partial charge in [0.25, 0.3) is 5.91 Å². The lowest BCUT2D eigenvalue weighted by molar-refractivity contribution is 0.0945. The Morgan fingerprint density at radius 1 is 1.00 bits per heavy atom. The quantitative estimate of drug-likeness (QED) is 0.891. The summed E-state index contributed by atoms with van der Waals surface area (Å²) in [7, 11) is 3.08. The lowest BCUT2D eigenvalue weighted by atomic mass is 10.0. The maximum absolute atomic E-state index is 12.5. The molecule has 0 radical (unpaired) electrons. The smallest absolute Gasteiger partial charge is 0.258 e. The molecule has 0 aliphatic carbocycles. The SMILES string of the molecule is COc1cccc(OC)c1C(=O)NC[C@H](C)c1ccccc1. The van der Waals surface area contributed by atoms with Crippen molar-refractivity contribution in [2.24, 2.45) is 0 Å². The lowest BCUT2D eigenvalue weighted by Gasteiger charge is -2.16. The summed E-state index contributed by atoms with van der Waals surface area (Å²) in [5, 5.41) is 2.95. The Kier molecular flexibility index (Phi) is 5.42. The van der Waals surface area contributed by atoms with Gasteiger partial charge in [0.1, 0.15) is 17.1 Å². The largest absolute Gasteiger partial charge is 0.496 e. The third kappa shape index (κ3) is 3.58. The van der Waals surface area contributed by atoms with Gasteiger partial charge in [0.15, 0.2) is 0 Å². The number of benzene rings is 2. The van der Waals surface area contributed by atoms with Crippen molar-refractivity contribution in [2.75, 3.05) is 20.8 Å². The number of methoxy groups -OCH3 is 2. The Balaban J connectivity index is 2.10. The minimum Gasteiger partial charge on any atom is -0.496 e. The van der Waals surface area contributed by atoms with Gasteiger partial charge in [0.2, 0.25) is 0 Å². The summed E-state index contributed by atoms with van der Waals surface area (Å²) in [6, 6.07) is 15.4. The average Bonchev–Trinajstić information content (AvgIpc) is 2.59. The zero-order valence-electron chi connectivity index (χ0n) is 13.1. The van der Waals surface area contributed by atoms with E-state index < -0.39 is 0 Å². The Hall–Kier alpha value is -2.49. The number of hydrogen-bond acceptors (Lipinski definition) is 3. The molecule has 0 saturated carbocycles. The zero-order valence-corrected chi connectivity index (χ0v) is 13.1. The summed E-state index contributed by atoms with van der Waals surface area (Å²) in [5.74, 6) is 1.04. The number of amides is 1. The Morgan fingerprint density at radius 2 is 1.59 bits per heavy atom. The number of carbonyl (C=O) groups excluding carboxylic acids is 1. The molecule has 1 N–H and O–H groups in total. The third-order valence-electron chi connectivity index (χ3n) is 3.59. The van der Waals surface area contributed by atoms with Crippen molar-refractivity contribution in [2.45, 2.75) is 12.8 Å². The van der Waals surface area contributed by atoms with Crippen LogP contribution in [-0.4, -0.2) is 26.7 Å². The highest BCUT2D eigenvalue weighted by molar-refractivity contribution is 5.99. The molecule has 0 aromatic heterocycles. The van der Waals surface area contributed by atoms with Crippen LogP contribution < -0.4 is 14.8 Å². The van der Waals surface area contributed by atoms with E-state index in [9.17, 15) is 4.79 Å². The third-order valence-corrected chi connectivity index (χ3v) is 3.59. The molecule has 2 rings (SSSR count). The maximum atomic E-state index is 12.5. The van der Waals surface area contributed by atoms with E-state index in [1.54, 1.807) is 18.2 Å². The van der Waals surface area contributed by atoms with Crippen LogP contribution in [0.4, 0.5) is 0 Å². The first kappa shape index (κ1) is 15.9. The van der Waals surface area contributed by atoms with Gasteiger partial charge in [-0.15, -0.1) is 0 Å². The molecule has 0 saturated heterocycles. The molecule has 22 heavy (non-hydrogen) atoms. The first-order valence-corrected chi connectivity index (χ1v) is 7.21. The molecule has 1 atom stereocenters. The molecule has 4 nitrogen and oxygen atoms in total. The van der Waals surface area contributed by atoms with E-state index in [1.165, 1.54) is 19.8 Å². The van der Waals surface area contributed by atoms with Crippen LogP contribution in [0, 0.1) is 0 Å². The molecule has 116 valence electrons. The van der Waals surface area contributed by atoms with E-state index in [1.807, 2.05) is 18.2 Å². The molecule has 0 aliphatic heterocycles. The van der Waals surface area contributed by atoms with Gasteiger partial charge in [-0.05, 0) is 23.6 Å². The van der Waals surface area contributed by atoms with Gasteiger partial charge in [-0.25, -0.2) is 0 Å². The zero-order chi connectivity index (χ0) is 15.9. The Labute approximate surface area is 131 Å². The molecule has 1 amide bonds. The summed E-state index contributed by atoms with van der Waals surface area (Å²) in [5.41, 5.74) is 1.61. The molecular weight excluding hydrogens is 278 g/mol. The van der Waals surface area contributed by atoms with E-state index in [0.29, 0.717) is 23.6 Å². The normalized spacial score (nSPS) is 11.6. The van der Waals surface area contributed by atoms with Crippen LogP contribution in [-0.2, 0) is 0 Å². The van der Waals surface area contributed by atoms with E-state index in [-0.39, 0.29) is 11.8 Å². The van der Waals surface area contributed by atoms with Crippen molar-refractivity contribution >= 4 is 5.91 Å². The van der Waals surface area contributed by atoms with Gasteiger partial charge in [0, 0.05) is 6.54 Å². The first-order valence-electron chi connectivity index (χ1n) is 7.21. The van der Waals surface area contributed by atoms with Gasteiger partial charge in [-0.2, -0.15) is 0 Å². The fraction of sp³-hybridized carbons (Fsp3) is 0.278. The van der Waals surface area contributed by atoms with Gasteiger partial charge >= 0.3 is 0 Å². The topological polar surface area (TPSA) is 47.6 Å². The lowest BCUT2D eigenvalue weighted by Crippen LogP contribution is -2.28. The monoisotopic (exact) mass is 299 g/mol. The van der Waals surface area contributed by atoms with Crippen LogP contribution in [0.25, 0.3) is 0 Å². The summed E-state index contributed by atoms with van der Waals surface area (Å²) >= 11 is 0. The van der Waals surface area contributed by atoms with Crippen LogP contribution >= 0.6 is 0 Å². The predicted molar refractivity (Wildman–Crippen MR) is 86.7 cm³/mol. The molecule has 2 aromatic rings. The minimum atomic E-state index is -0.197. The molecule has 0 heterocycles. The Morgan fingerprint density at radius 3 is 2.14 bits per heavy atom. The van der Waals surface area contributed by atoms with Crippen LogP contribution in [0.1, 0.15) is 28.8 Å². The van der Waals surface area contributed by atoms with E-state index in [4.69, 9.17) is 9.47 Å². The van der Waals surface area contributed by atoms with Crippen LogP contribution in [0.15, 0.2) is 48.5 Å². The highest BCUT2D eigenvalue weighted by Gasteiger charge is 2.18. The van der Waals surface area contributed by atoms with Crippen molar-refractivity contribution in [1.29, 1.82) is 0 Å². The highest BCUT2D eigenvalue weighted by atomic mass is 16.5. The van der Waals surface area contributed by atoms with Crippen LogP contribution in [0.5, 0.6) is 11.5 Å². The fourth-order valence-corrected chi connectivity index (χ4v) is 2.31. The van der Waals surface area contributed by atoms with Crippen molar-refractivity contribution in [3.8, 4) is 11.5 Å². The van der Waals surface area contributed by atoms with Crippen molar-refractivity contribution in [3.63, 3.8) is 0 Å². The number of hydrogen-bond donors (Lipinski definition) is 1. The van der Waals surface area contributed by atoms with Crippen molar-refractivity contribution in [1.82, 2.24) is 5.32 Å². The summed E-state index contributed by atoms with van der Waals surface area (Å²) in [4.78, 5) is 12.5. The molecule has 0 bridgehead atoms. The summed E-state index contributed by atoms with van der Waals surface area (Å²) in [6.45, 7) is 2.62. The van der Waals surface area contributed by atoms with Crippen molar-refractivity contribution < 1.29 is 14.3 Å². The van der Waals surface area contributed by atoms with E-state index in [2.05, 4.69) is 24.4 Å². The van der Waals surface area contributed by atoms with Crippen molar-refractivity contribution in [3.05, 3.63) is 59.7 Å². The standard InChI is InChI=1S/C18H21NO3/c1-13(14-8-5-4-6-9-14)12-19-18(20)17-15(21-2)10-7-11-16(17)22-3/h4-11,13H,12H2,1-3H3,(H,19,20)/t13-/m0/s1. The van der Waals surface area contributed by atoms with Gasteiger partial charge in [-0.1, -0.05) is 43.3 Å². The Bertz CT molecular complexity index is 603. The fourth-order valence-electron chi connectivity index (χ4n) is 2.31. The predicted octanol–water partition coefficient (Wildman–Crippen LogP) is 3.24.